The lowest BCUT2D eigenvalue weighted by molar-refractivity contribution is 0.664. The lowest BCUT2D eigenvalue weighted by Crippen LogP contribution is -2.28. The Morgan fingerprint density at radius 2 is 1.55 bits per heavy atom. The molecule has 0 amide bonds. The van der Waals surface area contributed by atoms with E-state index in [0.717, 1.165) is 43.1 Å². The molecule has 20 heavy (non-hydrogen) atoms. The molecule has 0 saturated carbocycles. The van der Waals surface area contributed by atoms with E-state index < -0.39 is 0 Å². The number of nitrogens with zero attached hydrogens (tertiary/aromatic N) is 3. The zero-order valence-corrected chi connectivity index (χ0v) is 14.1. The molecule has 3 nitrogen and oxygen atoms in total. The van der Waals surface area contributed by atoms with Gasteiger partial charge in [0, 0.05) is 25.1 Å². The second kappa shape index (κ2) is 9.17. The number of anilines is 1. The summed E-state index contributed by atoms with van der Waals surface area (Å²) >= 11 is 6.29. The van der Waals surface area contributed by atoms with Gasteiger partial charge in [-0.05, 0) is 26.2 Å². The lowest BCUT2D eigenvalue weighted by Gasteiger charge is -2.25. The molecule has 1 aromatic rings. The van der Waals surface area contributed by atoms with Crippen LogP contribution in [-0.2, 0) is 6.42 Å². The number of hydrogen-bond acceptors (Lipinski definition) is 3. The normalized spacial score (nSPS) is 10.8. The van der Waals surface area contributed by atoms with E-state index in [-0.39, 0.29) is 0 Å². The van der Waals surface area contributed by atoms with Crippen LogP contribution in [-0.4, -0.2) is 23.1 Å². The van der Waals surface area contributed by atoms with Crippen LogP contribution in [0.2, 0.25) is 5.15 Å². The van der Waals surface area contributed by atoms with Gasteiger partial charge in [-0.1, -0.05) is 45.2 Å². The maximum Gasteiger partial charge on any atom is 0.137 e. The van der Waals surface area contributed by atoms with Crippen LogP contribution >= 0.6 is 11.6 Å². The van der Waals surface area contributed by atoms with E-state index in [1.807, 2.05) is 6.92 Å². The van der Waals surface area contributed by atoms with Crippen molar-refractivity contribution >= 4 is 17.4 Å². The highest BCUT2D eigenvalue weighted by atomic mass is 35.5. The fourth-order valence-electron chi connectivity index (χ4n) is 2.19. The van der Waals surface area contributed by atoms with Gasteiger partial charge in [-0.2, -0.15) is 0 Å². The molecule has 0 N–H and O–H groups in total. The minimum atomic E-state index is 0.608. The quantitative estimate of drug-likeness (QED) is 0.613. The molecule has 4 heteroatoms. The summed E-state index contributed by atoms with van der Waals surface area (Å²) in [6.07, 6.45) is 6.71. The molecular weight excluding hydrogens is 270 g/mol. The van der Waals surface area contributed by atoms with Gasteiger partial charge >= 0.3 is 0 Å². The van der Waals surface area contributed by atoms with E-state index in [4.69, 9.17) is 16.6 Å². The van der Waals surface area contributed by atoms with E-state index in [1.54, 1.807) is 0 Å². The SMILES string of the molecule is CCCCN(CCCC)c1nc(CCC)nc(Cl)c1C. The summed E-state index contributed by atoms with van der Waals surface area (Å²) in [6.45, 7) is 10.7. The van der Waals surface area contributed by atoms with Gasteiger partial charge in [0.05, 0.1) is 0 Å². The molecule has 0 aliphatic carbocycles. The second-order valence-corrected chi connectivity index (χ2v) is 5.68. The predicted molar refractivity (Wildman–Crippen MR) is 87.8 cm³/mol. The largest absolute Gasteiger partial charge is 0.356 e. The van der Waals surface area contributed by atoms with Gasteiger partial charge < -0.3 is 4.90 Å². The zero-order valence-electron chi connectivity index (χ0n) is 13.4. The van der Waals surface area contributed by atoms with Crippen LogP contribution in [0.25, 0.3) is 0 Å². The van der Waals surface area contributed by atoms with Crippen molar-refractivity contribution in [2.24, 2.45) is 0 Å². The van der Waals surface area contributed by atoms with Gasteiger partial charge in [-0.25, -0.2) is 9.97 Å². The highest BCUT2D eigenvalue weighted by Gasteiger charge is 2.15. The van der Waals surface area contributed by atoms with E-state index in [2.05, 4.69) is 30.7 Å². The van der Waals surface area contributed by atoms with E-state index in [0.29, 0.717) is 5.15 Å². The van der Waals surface area contributed by atoms with Gasteiger partial charge in [0.25, 0.3) is 0 Å². The minimum Gasteiger partial charge on any atom is -0.356 e. The van der Waals surface area contributed by atoms with Crippen molar-refractivity contribution in [2.75, 3.05) is 18.0 Å². The summed E-state index contributed by atoms with van der Waals surface area (Å²) in [5.41, 5.74) is 1.01. The smallest absolute Gasteiger partial charge is 0.137 e. The minimum absolute atomic E-state index is 0.608. The molecular formula is C16H28ClN3. The molecule has 0 aliphatic heterocycles. The van der Waals surface area contributed by atoms with Gasteiger partial charge in [0.2, 0.25) is 0 Å². The first-order valence-corrected chi connectivity index (χ1v) is 8.29. The Kier molecular flexibility index (Phi) is 7.90. The number of rotatable bonds is 9. The molecule has 114 valence electrons. The maximum absolute atomic E-state index is 6.29. The molecule has 0 fully saturated rings. The van der Waals surface area contributed by atoms with Gasteiger partial charge in [-0.3, -0.25) is 0 Å². The van der Waals surface area contributed by atoms with Crippen molar-refractivity contribution in [3.63, 3.8) is 0 Å². The number of aryl methyl sites for hydroxylation is 1. The monoisotopic (exact) mass is 297 g/mol. The summed E-state index contributed by atoms with van der Waals surface area (Å²) in [5, 5.41) is 0.608. The highest BCUT2D eigenvalue weighted by molar-refractivity contribution is 6.30. The Labute approximate surface area is 128 Å². The Morgan fingerprint density at radius 1 is 0.950 bits per heavy atom. The molecule has 0 spiro atoms. The molecule has 0 saturated heterocycles. The summed E-state index contributed by atoms with van der Waals surface area (Å²) in [6, 6.07) is 0. The molecule has 1 rings (SSSR count). The molecule has 1 aromatic heterocycles. The summed E-state index contributed by atoms with van der Waals surface area (Å²) in [4.78, 5) is 11.5. The molecule has 0 radical (unpaired) electrons. The predicted octanol–water partition coefficient (Wildman–Crippen LogP) is 4.80. The van der Waals surface area contributed by atoms with Crippen molar-refractivity contribution in [3.8, 4) is 0 Å². The average molecular weight is 298 g/mol. The molecule has 0 atom stereocenters. The summed E-state index contributed by atoms with van der Waals surface area (Å²) < 4.78 is 0. The molecule has 0 bridgehead atoms. The van der Waals surface area contributed by atoms with Crippen molar-refractivity contribution in [1.82, 2.24) is 9.97 Å². The molecule has 0 aromatic carbocycles. The Bertz CT molecular complexity index is 399. The van der Waals surface area contributed by atoms with Crippen molar-refractivity contribution in [3.05, 3.63) is 16.5 Å². The van der Waals surface area contributed by atoms with Crippen molar-refractivity contribution in [2.45, 2.75) is 66.2 Å². The highest BCUT2D eigenvalue weighted by Crippen LogP contribution is 2.24. The maximum atomic E-state index is 6.29. The average Bonchev–Trinajstić information content (AvgIpc) is 2.43. The second-order valence-electron chi connectivity index (χ2n) is 5.32. The van der Waals surface area contributed by atoms with Crippen LogP contribution in [0.5, 0.6) is 0 Å². The zero-order chi connectivity index (χ0) is 15.0. The number of unbranched alkanes of at least 4 members (excludes halogenated alkanes) is 2. The van der Waals surface area contributed by atoms with Gasteiger partial charge in [-0.15, -0.1) is 0 Å². The Balaban J connectivity index is 3.02. The van der Waals surface area contributed by atoms with Crippen LogP contribution in [0.4, 0.5) is 5.82 Å². The molecule has 0 unspecified atom stereocenters. The van der Waals surface area contributed by atoms with E-state index in [9.17, 15) is 0 Å². The summed E-state index contributed by atoms with van der Waals surface area (Å²) in [5.74, 6) is 1.91. The third-order valence-electron chi connectivity index (χ3n) is 3.44. The Morgan fingerprint density at radius 3 is 2.05 bits per heavy atom. The van der Waals surface area contributed by atoms with Crippen molar-refractivity contribution < 1.29 is 0 Å². The van der Waals surface area contributed by atoms with Crippen LogP contribution in [0.15, 0.2) is 0 Å². The lowest BCUT2D eigenvalue weighted by atomic mass is 10.2. The fraction of sp³-hybridized carbons (Fsp3) is 0.750. The first kappa shape index (κ1) is 17.2. The standard InChI is InChI=1S/C16H28ClN3/c1-5-8-11-20(12-9-6-2)16-13(4)15(17)18-14(19-16)10-7-3/h5-12H2,1-4H3. The van der Waals surface area contributed by atoms with Crippen LogP contribution < -0.4 is 4.90 Å². The first-order valence-electron chi connectivity index (χ1n) is 7.91. The third kappa shape index (κ3) is 4.93. The van der Waals surface area contributed by atoms with Gasteiger partial charge in [0.15, 0.2) is 0 Å². The molecule has 0 aliphatic rings. The number of halogens is 1. The van der Waals surface area contributed by atoms with Crippen LogP contribution in [0, 0.1) is 6.92 Å². The Hall–Kier alpha value is -0.830. The summed E-state index contributed by atoms with van der Waals surface area (Å²) in [7, 11) is 0. The topological polar surface area (TPSA) is 29.0 Å². The van der Waals surface area contributed by atoms with Gasteiger partial charge in [0.1, 0.15) is 16.8 Å². The van der Waals surface area contributed by atoms with Crippen molar-refractivity contribution in [1.29, 1.82) is 0 Å². The van der Waals surface area contributed by atoms with E-state index in [1.165, 1.54) is 25.7 Å². The fourth-order valence-corrected chi connectivity index (χ4v) is 2.37. The van der Waals surface area contributed by atoms with Crippen LogP contribution in [0.1, 0.15) is 64.3 Å². The first-order chi connectivity index (χ1) is 9.63. The van der Waals surface area contributed by atoms with Crippen LogP contribution in [0.3, 0.4) is 0 Å². The van der Waals surface area contributed by atoms with E-state index >= 15 is 0 Å². The molecule has 1 heterocycles. The number of aromatic nitrogens is 2. The number of hydrogen-bond donors (Lipinski definition) is 0. The third-order valence-corrected chi connectivity index (χ3v) is 3.81.